The van der Waals surface area contributed by atoms with Gasteiger partial charge >= 0.3 is 0 Å². The maximum Gasteiger partial charge on any atom is 0.280 e. The van der Waals surface area contributed by atoms with Crippen molar-refractivity contribution < 1.29 is 9.53 Å². The summed E-state index contributed by atoms with van der Waals surface area (Å²) >= 11 is 0. The average molecular weight is 335 g/mol. The Bertz CT molecular complexity index is 913. The Kier molecular flexibility index (Phi) is 4.84. The fraction of sp³-hybridized carbons (Fsp3) is 0.200. The zero-order valence-corrected chi connectivity index (χ0v) is 14.6. The van der Waals surface area contributed by atoms with Crippen molar-refractivity contribution in [3.05, 3.63) is 65.9 Å². The van der Waals surface area contributed by atoms with Gasteiger partial charge < -0.3 is 9.30 Å². The number of benzene rings is 2. The molecule has 0 fully saturated rings. The lowest BCUT2D eigenvalue weighted by atomic mass is 10.1. The largest absolute Gasteiger partial charge is 0.481 e. The van der Waals surface area contributed by atoms with Gasteiger partial charge in [0.1, 0.15) is 5.75 Å². The summed E-state index contributed by atoms with van der Waals surface area (Å²) in [4.78, 5) is 12.1. The van der Waals surface area contributed by atoms with Crippen molar-refractivity contribution in [2.45, 2.75) is 20.0 Å². The van der Waals surface area contributed by atoms with Gasteiger partial charge in [-0.15, -0.1) is 0 Å². The number of para-hydroxylation sites is 2. The van der Waals surface area contributed by atoms with Gasteiger partial charge in [-0.3, -0.25) is 4.79 Å². The topological polar surface area (TPSA) is 55.6 Å². The summed E-state index contributed by atoms with van der Waals surface area (Å²) in [6.07, 6.45) is 1.05. The average Bonchev–Trinajstić information content (AvgIpc) is 2.87. The summed E-state index contributed by atoms with van der Waals surface area (Å²) in [6.45, 7) is 3.73. The van der Waals surface area contributed by atoms with E-state index < -0.39 is 6.10 Å². The molecule has 1 N–H and O–H groups in total. The third-order valence-corrected chi connectivity index (χ3v) is 4.24. The minimum atomic E-state index is -0.631. The molecule has 0 aliphatic carbocycles. The molecule has 0 saturated heterocycles. The molecule has 0 radical (unpaired) electrons. The minimum absolute atomic E-state index is 0.294. The minimum Gasteiger partial charge on any atom is -0.481 e. The summed E-state index contributed by atoms with van der Waals surface area (Å²) in [5, 5.41) is 5.22. The summed E-state index contributed by atoms with van der Waals surface area (Å²) in [5.41, 5.74) is 5.77. The van der Waals surface area contributed by atoms with E-state index in [4.69, 9.17) is 4.74 Å². The first-order valence-electron chi connectivity index (χ1n) is 8.16. The van der Waals surface area contributed by atoms with Crippen LogP contribution in [0.25, 0.3) is 10.9 Å². The summed E-state index contributed by atoms with van der Waals surface area (Å²) in [5.74, 6) is 0.358. The first-order chi connectivity index (χ1) is 12.1. The number of carbonyl (C=O) groups is 1. The zero-order chi connectivity index (χ0) is 17.8. The molecule has 3 aromatic rings. The number of nitrogens with one attached hydrogen (secondary N) is 1. The number of hydrogen-bond donors (Lipinski definition) is 1. The molecule has 128 valence electrons. The van der Waals surface area contributed by atoms with Gasteiger partial charge in [0.15, 0.2) is 6.10 Å². The van der Waals surface area contributed by atoms with Gasteiger partial charge in [-0.05, 0) is 32.0 Å². The number of hydrogen-bond acceptors (Lipinski definition) is 3. The standard InChI is InChI=1S/C20H21N3O2/c1-14-18(17-11-7-8-12-19(17)23(14)3)13-21-22-20(24)15(2)25-16-9-5-4-6-10-16/h4-13,15H,1-3H3,(H,22,24)/b21-13+. The molecule has 1 amide bonds. The fourth-order valence-corrected chi connectivity index (χ4v) is 2.72. The predicted octanol–water partition coefficient (Wildman–Crippen LogP) is 3.40. The van der Waals surface area contributed by atoms with Crippen LogP contribution in [0.4, 0.5) is 0 Å². The second kappa shape index (κ2) is 7.21. The van der Waals surface area contributed by atoms with Crippen LogP contribution in [0.3, 0.4) is 0 Å². The lowest BCUT2D eigenvalue weighted by molar-refractivity contribution is -0.127. The van der Waals surface area contributed by atoms with Crippen LogP contribution in [0.5, 0.6) is 5.75 Å². The highest BCUT2D eigenvalue weighted by molar-refractivity contribution is 6.01. The Morgan fingerprint density at radius 2 is 1.84 bits per heavy atom. The molecule has 0 saturated carbocycles. The van der Waals surface area contributed by atoms with E-state index >= 15 is 0 Å². The first-order valence-corrected chi connectivity index (χ1v) is 8.16. The molecule has 1 heterocycles. The van der Waals surface area contributed by atoms with E-state index in [0.29, 0.717) is 5.75 Å². The summed E-state index contributed by atoms with van der Waals surface area (Å²) < 4.78 is 7.70. The third kappa shape index (κ3) is 3.55. The van der Waals surface area contributed by atoms with E-state index in [1.807, 2.05) is 62.5 Å². The molecule has 0 aliphatic heterocycles. The number of nitrogens with zero attached hydrogens (tertiary/aromatic N) is 2. The number of rotatable bonds is 5. The van der Waals surface area contributed by atoms with Crippen LogP contribution < -0.4 is 10.2 Å². The van der Waals surface area contributed by atoms with Gasteiger partial charge in [0.2, 0.25) is 0 Å². The molecule has 1 unspecified atom stereocenters. The van der Waals surface area contributed by atoms with Crippen LogP contribution in [0, 0.1) is 6.92 Å². The number of fused-ring (bicyclic) bond motifs is 1. The number of aryl methyl sites for hydroxylation is 1. The molecule has 1 atom stereocenters. The van der Waals surface area contributed by atoms with Crippen molar-refractivity contribution in [1.82, 2.24) is 9.99 Å². The molecule has 0 bridgehead atoms. The molecular weight excluding hydrogens is 314 g/mol. The summed E-state index contributed by atoms with van der Waals surface area (Å²) in [6, 6.07) is 17.4. The molecule has 25 heavy (non-hydrogen) atoms. The molecule has 1 aromatic heterocycles. The highest BCUT2D eigenvalue weighted by Gasteiger charge is 2.14. The van der Waals surface area contributed by atoms with E-state index in [-0.39, 0.29) is 5.91 Å². The molecule has 5 heteroatoms. The fourth-order valence-electron chi connectivity index (χ4n) is 2.72. The smallest absolute Gasteiger partial charge is 0.280 e. The lowest BCUT2D eigenvalue weighted by Gasteiger charge is -2.12. The first kappa shape index (κ1) is 16.8. The normalized spacial score (nSPS) is 12.4. The number of aromatic nitrogens is 1. The van der Waals surface area contributed by atoms with Crippen LogP contribution >= 0.6 is 0 Å². The Balaban J connectivity index is 1.69. The van der Waals surface area contributed by atoms with E-state index in [2.05, 4.69) is 21.2 Å². The lowest BCUT2D eigenvalue weighted by Crippen LogP contribution is -2.33. The van der Waals surface area contributed by atoms with Gasteiger partial charge in [0.05, 0.1) is 6.21 Å². The molecule has 5 nitrogen and oxygen atoms in total. The van der Waals surface area contributed by atoms with E-state index in [1.165, 1.54) is 0 Å². The van der Waals surface area contributed by atoms with Crippen molar-refractivity contribution in [1.29, 1.82) is 0 Å². The highest BCUT2D eigenvalue weighted by Crippen LogP contribution is 2.22. The predicted molar refractivity (Wildman–Crippen MR) is 99.9 cm³/mol. The highest BCUT2D eigenvalue weighted by atomic mass is 16.5. The Hall–Kier alpha value is -3.08. The van der Waals surface area contributed by atoms with Crippen molar-refractivity contribution >= 4 is 23.0 Å². The van der Waals surface area contributed by atoms with E-state index in [9.17, 15) is 4.79 Å². The van der Waals surface area contributed by atoms with Crippen LogP contribution in [0.1, 0.15) is 18.2 Å². The van der Waals surface area contributed by atoms with Gasteiger partial charge in [-0.2, -0.15) is 5.10 Å². The SMILES string of the molecule is Cc1c(/C=N/NC(=O)C(C)Oc2ccccc2)c2ccccc2n1C. The molecular formula is C20H21N3O2. The van der Waals surface area contributed by atoms with Crippen LogP contribution in [-0.4, -0.2) is 22.8 Å². The number of amides is 1. The monoisotopic (exact) mass is 335 g/mol. The van der Waals surface area contributed by atoms with Crippen LogP contribution in [0.15, 0.2) is 59.7 Å². The second-order valence-corrected chi connectivity index (χ2v) is 5.88. The van der Waals surface area contributed by atoms with Crippen molar-refractivity contribution in [2.75, 3.05) is 0 Å². The van der Waals surface area contributed by atoms with E-state index in [1.54, 1.807) is 13.1 Å². The van der Waals surface area contributed by atoms with Gasteiger partial charge in [0, 0.05) is 29.2 Å². The van der Waals surface area contributed by atoms with Gasteiger partial charge in [-0.1, -0.05) is 36.4 Å². The maximum atomic E-state index is 12.1. The third-order valence-electron chi connectivity index (χ3n) is 4.24. The second-order valence-electron chi connectivity index (χ2n) is 5.88. The van der Waals surface area contributed by atoms with E-state index in [0.717, 1.165) is 22.2 Å². The van der Waals surface area contributed by atoms with Crippen molar-refractivity contribution in [3.8, 4) is 5.75 Å². The molecule has 0 aliphatic rings. The zero-order valence-electron chi connectivity index (χ0n) is 14.6. The maximum absolute atomic E-state index is 12.1. The number of carbonyl (C=O) groups excluding carboxylic acids is 1. The quantitative estimate of drug-likeness (QED) is 0.574. The molecule has 0 spiro atoms. The van der Waals surface area contributed by atoms with Crippen molar-refractivity contribution in [2.24, 2.45) is 12.1 Å². The number of ether oxygens (including phenoxy) is 1. The van der Waals surface area contributed by atoms with Crippen molar-refractivity contribution in [3.63, 3.8) is 0 Å². The Morgan fingerprint density at radius 1 is 1.16 bits per heavy atom. The summed E-state index contributed by atoms with van der Waals surface area (Å²) in [7, 11) is 2.02. The Labute approximate surface area is 146 Å². The van der Waals surface area contributed by atoms with Gasteiger partial charge in [0.25, 0.3) is 5.91 Å². The molecule has 2 aromatic carbocycles. The Morgan fingerprint density at radius 3 is 2.60 bits per heavy atom. The molecule has 3 rings (SSSR count). The number of hydrazone groups is 1. The van der Waals surface area contributed by atoms with Gasteiger partial charge in [-0.25, -0.2) is 5.43 Å². The van der Waals surface area contributed by atoms with Crippen LogP contribution in [0.2, 0.25) is 0 Å². The van der Waals surface area contributed by atoms with Crippen LogP contribution in [-0.2, 0) is 11.8 Å².